The molecule has 0 aliphatic carbocycles. The van der Waals surface area contributed by atoms with Crippen molar-refractivity contribution in [2.24, 2.45) is 5.84 Å². The lowest BCUT2D eigenvalue weighted by Crippen LogP contribution is -2.31. The lowest BCUT2D eigenvalue weighted by molar-refractivity contribution is 0.123. The maximum Gasteiger partial charge on any atom is 0.0701 e. The summed E-state index contributed by atoms with van der Waals surface area (Å²) in [5, 5.41) is 4.11. The Labute approximate surface area is 76.5 Å². The lowest BCUT2D eigenvalue weighted by atomic mass is 10.2. The van der Waals surface area contributed by atoms with Crippen molar-refractivity contribution in [1.29, 1.82) is 0 Å². The third-order valence-electron chi connectivity index (χ3n) is 1.64. The van der Waals surface area contributed by atoms with Crippen LogP contribution in [0.5, 0.6) is 0 Å². The quantitative estimate of drug-likeness (QED) is 0.538. The molecule has 1 atom stereocenters. The second-order valence-corrected chi connectivity index (χ2v) is 3.22. The summed E-state index contributed by atoms with van der Waals surface area (Å²) >= 11 is 1.67. The van der Waals surface area contributed by atoms with Crippen LogP contribution in [0.25, 0.3) is 0 Å². The van der Waals surface area contributed by atoms with Gasteiger partial charge in [0.15, 0.2) is 0 Å². The number of nitrogens with one attached hydrogen (secondary N) is 1. The van der Waals surface area contributed by atoms with Crippen LogP contribution in [-0.2, 0) is 4.74 Å². The predicted molar refractivity (Wildman–Crippen MR) is 50.9 cm³/mol. The van der Waals surface area contributed by atoms with E-state index >= 15 is 0 Å². The summed E-state index contributed by atoms with van der Waals surface area (Å²) in [7, 11) is 0. The average Bonchev–Trinajstić information content (AvgIpc) is 2.59. The Balaban J connectivity index is 2.45. The highest BCUT2D eigenvalue weighted by atomic mass is 32.1. The first kappa shape index (κ1) is 9.67. The van der Waals surface area contributed by atoms with Gasteiger partial charge in [0.1, 0.15) is 0 Å². The fourth-order valence-corrected chi connectivity index (χ4v) is 1.66. The van der Waals surface area contributed by atoms with E-state index in [-0.39, 0.29) is 6.04 Å². The van der Waals surface area contributed by atoms with E-state index < -0.39 is 0 Å². The molecule has 0 aromatic carbocycles. The van der Waals surface area contributed by atoms with Gasteiger partial charge in [-0.05, 0) is 29.3 Å². The molecule has 0 saturated heterocycles. The highest BCUT2D eigenvalue weighted by molar-refractivity contribution is 7.07. The fraction of sp³-hybridized carbons (Fsp3) is 0.500. The Morgan fingerprint density at radius 3 is 3.08 bits per heavy atom. The average molecular weight is 186 g/mol. The van der Waals surface area contributed by atoms with Gasteiger partial charge in [-0.1, -0.05) is 0 Å². The van der Waals surface area contributed by atoms with Crippen molar-refractivity contribution in [3.63, 3.8) is 0 Å². The molecule has 1 heterocycles. The van der Waals surface area contributed by atoms with Crippen molar-refractivity contribution in [2.45, 2.75) is 13.0 Å². The van der Waals surface area contributed by atoms with Gasteiger partial charge in [-0.15, -0.1) is 0 Å². The summed E-state index contributed by atoms with van der Waals surface area (Å²) in [6.45, 7) is 3.33. The largest absolute Gasteiger partial charge is 0.380 e. The molecule has 12 heavy (non-hydrogen) atoms. The van der Waals surface area contributed by atoms with Crippen molar-refractivity contribution in [1.82, 2.24) is 5.43 Å². The highest BCUT2D eigenvalue weighted by Gasteiger charge is 2.08. The molecular formula is C8H14N2OS. The number of hydrazine groups is 1. The summed E-state index contributed by atoms with van der Waals surface area (Å²) in [5.74, 6) is 5.38. The Morgan fingerprint density at radius 1 is 1.75 bits per heavy atom. The molecule has 0 saturated carbocycles. The molecule has 0 fully saturated rings. The van der Waals surface area contributed by atoms with Gasteiger partial charge in [0.2, 0.25) is 0 Å². The van der Waals surface area contributed by atoms with Crippen LogP contribution in [0.3, 0.4) is 0 Å². The van der Waals surface area contributed by atoms with Crippen molar-refractivity contribution in [2.75, 3.05) is 13.2 Å². The van der Waals surface area contributed by atoms with Gasteiger partial charge in [0, 0.05) is 6.61 Å². The van der Waals surface area contributed by atoms with Crippen LogP contribution < -0.4 is 11.3 Å². The van der Waals surface area contributed by atoms with Crippen molar-refractivity contribution in [3.8, 4) is 0 Å². The molecule has 0 amide bonds. The van der Waals surface area contributed by atoms with Crippen molar-refractivity contribution in [3.05, 3.63) is 22.4 Å². The van der Waals surface area contributed by atoms with Crippen LogP contribution in [0.1, 0.15) is 18.5 Å². The number of thiophene rings is 1. The Morgan fingerprint density at radius 2 is 2.58 bits per heavy atom. The molecule has 4 heteroatoms. The minimum Gasteiger partial charge on any atom is -0.380 e. The number of nitrogens with two attached hydrogens (primary N) is 1. The van der Waals surface area contributed by atoms with Crippen LogP contribution in [0.2, 0.25) is 0 Å². The number of hydrogen-bond acceptors (Lipinski definition) is 4. The highest BCUT2D eigenvalue weighted by Crippen LogP contribution is 2.15. The first-order valence-electron chi connectivity index (χ1n) is 3.94. The van der Waals surface area contributed by atoms with E-state index in [1.807, 2.05) is 18.4 Å². The zero-order valence-corrected chi connectivity index (χ0v) is 7.93. The van der Waals surface area contributed by atoms with Gasteiger partial charge in [-0.3, -0.25) is 11.3 Å². The van der Waals surface area contributed by atoms with Crippen LogP contribution >= 0.6 is 11.3 Å². The topological polar surface area (TPSA) is 47.3 Å². The summed E-state index contributed by atoms with van der Waals surface area (Å²) in [6, 6.07) is 2.17. The molecule has 0 aliphatic heterocycles. The van der Waals surface area contributed by atoms with Gasteiger partial charge >= 0.3 is 0 Å². The fourth-order valence-electron chi connectivity index (χ4n) is 0.950. The third kappa shape index (κ3) is 2.57. The molecule has 3 nitrogen and oxygen atoms in total. The van der Waals surface area contributed by atoms with E-state index in [1.165, 1.54) is 5.56 Å². The molecule has 1 aromatic rings. The number of ether oxygens (including phenoxy) is 1. The first-order chi connectivity index (χ1) is 5.88. The molecule has 68 valence electrons. The van der Waals surface area contributed by atoms with Gasteiger partial charge in [-0.2, -0.15) is 11.3 Å². The maximum atomic E-state index is 5.38. The van der Waals surface area contributed by atoms with Crippen molar-refractivity contribution >= 4 is 11.3 Å². The second kappa shape index (κ2) is 5.27. The van der Waals surface area contributed by atoms with Crippen LogP contribution in [0.15, 0.2) is 16.8 Å². The van der Waals surface area contributed by atoms with Gasteiger partial charge in [0.05, 0.1) is 12.6 Å². The predicted octanol–water partition coefficient (Wildman–Crippen LogP) is 1.29. The Hall–Kier alpha value is -0.420. The third-order valence-corrected chi connectivity index (χ3v) is 2.34. The minimum absolute atomic E-state index is 0.121. The molecule has 1 rings (SSSR count). The monoisotopic (exact) mass is 186 g/mol. The maximum absolute atomic E-state index is 5.38. The van der Waals surface area contributed by atoms with Crippen LogP contribution in [0.4, 0.5) is 0 Å². The second-order valence-electron chi connectivity index (χ2n) is 2.44. The van der Waals surface area contributed by atoms with E-state index in [4.69, 9.17) is 10.6 Å². The minimum atomic E-state index is 0.121. The molecule has 3 N–H and O–H groups in total. The smallest absolute Gasteiger partial charge is 0.0701 e. The van der Waals surface area contributed by atoms with E-state index in [2.05, 4.69) is 10.8 Å². The van der Waals surface area contributed by atoms with E-state index in [9.17, 15) is 0 Å². The van der Waals surface area contributed by atoms with Crippen LogP contribution in [0, 0.1) is 0 Å². The van der Waals surface area contributed by atoms with Crippen molar-refractivity contribution < 1.29 is 4.74 Å². The van der Waals surface area contributed by atoms with E-state index in [0.717, 1.165) is 6.61 Å². The first-order valence-corrected chi connectivity index (χ1v) is 4.88. The lowest BCUT2D eigenvalue weighted by Gasteiger charge is -2.13. The number of hydrogen-bond donors (Lipinski definition) is 2. The summed E-state index contributed by atoms with van der Waals surface area (Å²) in [4.78, 5) is 0. The zero-order chi connectivity index (χ0) is 8.81. The zero-order valence-electron chi connectivity index (χ0n) is 7.12. The summed E-state index contributed by atoms with van der Waals surface area (Å²) in [6.07, 6.45) is 0. The summed E-state index contributed by atoms with van der Waals surface area (Å²) in [5.41, 5.74) is 3.91. The standard InChI is InChI=1S/C8H14N2OS/c1-2-11-5-8(10-9)7-3-4-12-6-7/h3-4,6,8,10H,2,5,9H2,1H3. The molecule has 0 spiro atoms. The molecule has 1 aromatic heterocycles. The van der Waals surface area contributed by atoms with E-state index in [0.29, 0.717) is 6.61 Å². The van der Waals surface area contributed by atoms with E-state index in [1.54, 1.807) is 11.3 Å². The SMILES string of the molecule is CCOCC(NN)c1ccsc1. The number of rotatable bonds is 5. The molecule has 0 radical (unpaired) electrons. The van der Waals surface area contributed by atoms with Gasteiger partial charge < -0.3 is 4.74 Å². The van der Waals surface area contributed by atoms with Gasteiger partial charge in [-0.25, -0.2) is 0 Å². The molecule has 0 aliphatic rings. The van der Waals surface area contributed by atoms with Crippen LogP contribution in [-0.4, -0.2) is 13.2 Å². The molecule has 1 unspecified atom stereocenters. The Bertz CT molecular complexity index is 201. The summed E-state index contributed by atoms with van der Waals surface area (Å²) < 4.78 is 5.27. The molecule has 0 bridgehead atoms. The Kier molecular flexibility index (Phi) is 4.24. The van der Waals surface area contributed by atoms with Gasteiger partial charge in [0.25, 0.3) is 0 Å². The molecular weight excluding hydrogens is 172 g/mol. The normalized spacial score (nSPS) is 13.2.